The van der Waals surface area contributed by atoms with E-state index in [1.165, 1.54) is 0 Å². The summed E-state index contributed by atoms with van der Waals surface area (Å²) < 4.78 is 0. The number of benzene rings is 2. The van der Waals surface area contributed by atoms with Gasteiger partial charge in [0.15, 0.2) is 0 Å². The second-order valence-corrected chi connectivity index (χ2v) is 6.53. The quantitative estimate of drug-likeness (QED) is 0.464. The molecule has 0 aliphatic rings. The van der Waals surface area contributed by atoms with Gasteiger partial charge < -0.3 is 22.1 Å². The number of hydrogen-bond acceptors (Lipinski definition) is 4. The highest BCUT2D eigenvalue weighted by atomic mass is 16.2. The van der Waals surface area contributed by atoms with Gasteiger partial charge in [-0.25, -0.2) is 0 Å². The molecule has 2 rings (SSSR count). The molecule has 0 fully saturated rings. The Morgan fingerprint density at radius 1 is 0.704 bits per heavy atom. The average molecular weight is 368 g/mol. The van der Waals surface area contributed by atoms with Crippen molar-refractivity contribution in [3.05, 3.63) is 71.8 Å². The third-order valence-corrected chi connectivity index (χ3v) is 4.22. The van der Waals surface area contributed by atoms with Crippen molar-refractivity contribution in [1.82, 2.24) is 10.6 Å². The van der Waals surface area contributed by atoms with Crippen molar-refractivity contribution in [2.75, 3.05) is 13.1 Å². The molecule has 6 nitrogen and oxygen atoms in total. The first-order valence-corrected chi connectivity index (χ1v) is 9.20. The van der Waals surface area contributed by atoms with Gasteiger partial charge in [0.25, 0.3) is 0 Å². The fraction of sp³-hybridized carbons (Fsp3) is 0.333. The maximum atomic E-state index is 12.0. The van der Waals surface area contributed by atoms with Crippen molar-refractivity contribution < 1.29 is 9.59 Å². The second kappa shape index (κ2) is 11.1. The Bertz CT molecular complexity index is 645. The molecular weight excluding hydrogens is 340 g/mol. The molecule has 0 heterocycles. The van der Waals surface area contributed by atoms with Crippen molar-refractivity contribution >= 4 is 11.8 Å². The molecule has 2 aromatic rings. The fourth-order valence-electron chi connectivity index (χ4n) is 2.70. The monoisotopic (exact) mass is 368 g/mol. The smallest absolute Gasteiger partial charge is 0.237 e. The molecule has 0 aliphatic heterocycles. The number of nitrogens with one attached hydrogen (secondary N) is 2. The molecule has 0 spiro atoms. The largest absolute Gasteiger partial charge is 0.355 e. The molecule has 27 heavy (non-hydrogen) atoms. The number of nitrogens with two attached hydrogens (primary N) is 2. The molecule has 2 atom stereocenters. The van der Waals surface area contributed by atoms with Gasteiger partial charge in [-0.1, -0.05) is 60.7 Å². The summed E-state index contributed by atoms with van der Waals surface area (Å²) in [6, 6.07) is 18.2. The number of carbonyl (C=O) groups excluding carboxylic acids is 2. The molecule has 2 aromatic carbocycles. The van der Waals surface area contributed by atoms with Crippen molar-refractivity contribution in [3.8, 4) is 0 Å². The number of carbonyl (C=O) groups is 2. The SMILES string of the molecule is N[C@@H](Cc1ccccc1)C(=O)NCCCNC(=O)[C@@H](N)Cc1ccccc1. The summed E-state index contributed by atoms with van der Waals surface area (Å²) >= 11 is 0. The van der Waals surface area contributed by atoms with E-state index in [0.29, 0.717) is 32.4 Å². The third-order valence-electron chi connectivity index (χ3n) is 4.22. The Hall–Kier alpha value is -2.70. The zero-order chi connectivity index (χ0) is 19.5. The van der Waals surface area contributed by atoms with E-state index in [9.17, 15) is 9.59 Å². The van der Waals surface area contributed by atoms with Crippen LogP contribution in [0.25, 0.3) is 0 Å². The lowest BCUT2D eigenvalue weighted by atomic mass is 10.1. The summed E-state index contributed by atoms with van der Waals surface area (Å²) in [6.07, 6.45) is 1.61. The summed E-state index contributed by atoms with van der Waals surface area (Å²) in [5.41, 5.74) is 13.9. The van der Waals surface area contributed by atoms with Crippen LogP contribution in [0.3, 0.4) is 0 Å². The molecule has 6 N–H and O–H groups in total. The van der Waals surface area contributed by atoms with Crippen molar-refractivity contribution in [3.63, 3.8) is 0 Å². The maximum Gasteiger partial charge on any atom is 0.237 e. The van der Waals surface area contributed by atoms with Crippen LogP contribution >= 0.6 is 0 Å². The van der Waals surface area contributed by atoms with Crippen molar-refractivity contribution in [2.24, 2.45) is 11.5 Å². The van der Waals surface area contributed by atoms with Crippen LogP contribution in [0.15, 0.2) is 60.7 Å². The topological polar surface area (TPSA) is 110 Å². The zero-order valence-corrected chi connectivity index (χ0v) is 15.4. The Morgan fingerprint density at radius 3 is 1.44 bits per heavy atom. The first-order valence-electron chi connectivity index (χ1n) is 9.20. The first kappa shape index (κ1) is 20.6. The van der Waals surface area contributed by atoms with Gasteiger partial charge in [0, 0.05) is 13.1 Å². The highest BCUT2D eigenvalue weighted by molar-refractivity contribution is 5.82. The van der Waals surface area contributed by atoms with E-state index < -0.39 is 12.1 Å². The van der Waals surface area contributed by atoms with Gasteiger partial charge in [-0.05, 0) is 30.4 Å². The second-order valence-electron chi connectivity index (χ2n) is 6.53. The lowest BCUT2D eigenvalue weighted by Gasteiger charge is -2.14. The number of rotatable bonds is 10. The number of hydrogen-bond donors (Lipinski definition) is 4. The lowest BCUT2D eigenvalue weighted by molar-refractivity contribution is -0.122. The highest BCUT2D eigenvalue weighted by Crippen LogP contribution is 2.02. The van der Waals surface area contributed by atoms with E-state index in [1.54, 1.807) is 0 Å². The van der Waals surface area contributed by atoms with E-state index in [0.717, 1.165) is 11.1 Å². The molecule has 0 aliphatic carbocycles. The Balaban J connectivity index is 1.59. The summed E-state index contributed by atoms with van der Waals surface area (Å²) in [5.74, 6) is -0.378. The summed E-state index contributed by atoms with van der Waals surface area (Å²) in [4.78, 5) is 24.0. The zero-order valence-electron chi connectivity index (χ0n) is 15.4. The van der Waals surface area contributed by atoms with Crippen molar-refractivity contribution in [2.45, 2.75) is 31.3 Å². The average Bonchev–Trinajstić information content (AvgIpc) is 2.68. The van der Waals surface area contributed by atoms with Crippen LogP contribution in [0.2, 0.25) is 0 Å². The van der Waals surface area contributed by atoms with Gasteiger partial charge in [-0.2, -0.15) is 0 Å². The van der Waals surface area contributed by atoms with Gasteiger partial charge in [0.05, 0.1) is 12.1 Å². The molecule has 0 aromatic heterocycles. The van der Waals surface area contributed by atoms with E-state index in [2.05, 4.69) is 10.6 Å². The normalized spacial score (nSPS) is 12.8. The predicted octanol–water partition coefficient (Wildman–Crippen LogP) is 0.749. The Kier molecular flexibility index (Phi) is 8.48. The molecule has 144 valence electrons. The Labute approximate surface area is 160 Å². The molecule has 6 heteroatoms. The minimum absolute atomic E-state index is 0.189. The van der Waals surface area contributed by atoms with Crippen LogP contribution in [-0.4, -0.2) is 37.0 Å². The van der Waals surface area contributed by atoms with Gasteiger partial charge >= 0.3 is 0 Å². The molecular formula is C21H28N4O2. The molecule has 0 saturated heterocycles. The van der Waals surface area contributed by atoms with Crippen molar-refractivity contribution in [1.29, 1.82) is 0 Å². The van der Waals surface area contributed by atoms with Gasteiger partial charge in [0.1, 0.15) is 0 Å². The Morgan fingerprint density at radius 2 is 1.07 bits per heavy atom. The van der Waals surface area contributed by atoms with E-state index >= 15 is 0 Å². The molecule has 0 unspecified atom stereocenters. The van der Waals surface area contributed by atoms with Gasteiger partial charge in [-0.3, -0.25) is 9.59 Å². The molecule has 0 saturated carbocycles. The van der Waals surface area contributed by atoms with Crippen LogP contribution in [0.1, 0.15) is 17.5 Å². The molecule has 0 bridgehead atoms. The van der Waals surface area contributed by atoms with Gasteiger partial charge in [0.2, 0.25) is 11.8 Å². The van der Waals surface area contributed by atoms with E-state index in [1.807, 2.05) is 60.7 Å². The third kappa shape index (κ3) is 7.60. The van der Waals surface area contributed by atoms with E-state index in [4.69, 9.17) is 11.5 Å². The van der Waals surface area contributed by atoms with Crippen LogP contribution in [-0.2, 0) is 22.4 Å². The number of amides is 2. The highest BCUT2D eigenvalue weighted by Gasteiger charge is 2.14. The van der Waals surface area contributed by atoms with Crippen LogP contribution in [0.5, 0.6) is 0 Å². The minimum Gasteiger partial charge on any atom is -0.355 e. The summed E-state index contributed by atoms with van der Waals surface area (Å²) in [5, 5.41) is 5.60. The standard InChI is InChI=1S/C21H28N4O2/c22-18(14-16-8-3-1-4-9-16)20(26)24-12-7-13-25-21(27)19(23)15-17-10-5-2-6-11-17/h1-6,8-11,18-19H,7,12-15,22-23H2,(H,24,26)(H,25,27)/t18-,19-/m0/s1. The minimum atomic E-state index is -0.582. The lowest BCUT2D eigenvalue weighted by Crippen LogP contribution is -2.44. The van der Waals surface area contributed by atoms with E-state index in [-0.39, 0.29) is 11.8 Å². The fourth-order valence-corrected chi connectivity index (χ4v) is 2.70. The summed E-state index contributed by atoms with van der Waals surface area (Å²) in [7, 11) is 0. The molecule has 2 amide bonds. The van der Waals surface area contributed by atoms with Crippen LogP contribution in [0, 0.1) is 0 Å². The van der Waals surface area contributed by atoms with Crippen LogP contribution < -0.4 is 22.1 Å². The first-order chi connectivity index (χ1) is 13.1. The molecule has 0 radical (unpaired) electrons. The summed E-state index contributed by atoms with van der Waals surface area (Å²) in [6.45, 7) is 0.908. The van der Waals surface area contributed by atoms with Crippen LogP contribution in [0.4, 0.5) is 0 Å². The predicted molar refractivity (Wildman–Crippen MR) is 107 cm³/mol. The maximum absolute atomic E-state index is 12.0. The van der Waals surface area contributed by atoms with Gasteiger partial charge in [-0.15, -0.1) is 0 Å².